The molecule has 0 fully saturated rings. The zero-order valence-electron chi connectivity index (χ0n) is 9.69. The molecule has 0 amide bonds. The topological polar surface area (TPSA) is 45.2 Å². The van der Waals surface area contributed by atoms with Crippen LogP contribution in [-0.4, -0.2) is 10.1 Å². The van der Waals surface area contributed by atoms with Gasteiger partial charge in [0.2, 0.25) is 0 Å². The molecule has 1 heterocycles. The number of hydrogen-bond donors (Lipinski definition) is 2. The van der Waals surface area contributed by atoms with Crippen molar-refractivity contribution in [2.24, 2.45) is 0 Å². The Morgan fingerprint density at radius 1 is 1.39 bits per heavy atom. The average molecular weight is 267 g/mol. The molecule has 0 bridgehead atoms. The molecular weight excluding hydrogens is 255 g/mol. The maximum atomic E-state index is 13.7. The van der Waals surface area contributed by atoms with Crippen molar-refractivity contribution in [2.75, 3.05) is 5.32 Å². The number of rotatable bonds is 3. The van der Waals surface area contributed by atoms with Gasteiger partial charge in [0.1, 0.15) is 11.6 Å². The second kappa shape index (κ2) is 5.23. The van der Waals surface area contributed by atoms with E-state index in [1.807, 2.05) is 0 Å². The molecule has 0 aliphatic carbocycles. The molecule has 1 unspecified atom stereocenters. The molecule has 18 heavy (non-hydrogen) atoms. The van der Waals surface area contributed by atoms with Crippen molar-refractivity contribution in [1.29, 1.82) is 0 Å². The molecule has 0 spiro atoms. The molecule has 2 rings (SSSR count). The van der Waals surface area contributed by atoms with Gasteiger partial charge in [-0.3, -0.25) is 4.98 Å². The van der Waals surface area contributed by atoms with Crippen molar-refractivity contribution >= 4 is 17.3 Å². The van der Waals surface area contributed by atoms with Gasteiger partial charge >= 0.3 is 0 Å². The highest BCUT2D eigenvalue weighted by Crippen LogP contribution is 2.27. The van der Waals surface area contributed by atoms with Gasteiger partial charge in [-0.25, -0.2) is 4.39 Å². The molecule has 0 saturated heterocycles. The Morgan fingerprint density at radius 2 is 2.17 bits per heavy atom. The first-order valence-electron chi connectivity index (χ1n) is 5.42. The van der Waals surface area contributed by atoms with Gasteiger partial charge < -0.3 is 10.4 Å². The number of nitrogens with one attached hydrogen (secondary N) is 1. The largest absolute Gasteiger partial charge is 0.508 e. The van der Waals surface area contributed by atoms with Crippen molar-refractivity contribution in [3.8, 4) is 5.75 Å². The quantitative estimate of drug-likeness (QED) is 0.889. The second-order valence-corrected chi connectivity index (χ2v) is 4.33. The van der Waals surface area contributed by atoms with Crippen molar-refractivity contribution in [3.05, 3.63) is 53.1 Å². The number of phenols is 1. The molecular formula is C13H12ClFN2O. The van der Waals surface area contributed by atoms with Gasteiger partial charge in [0.05, 0.1) is 22.9 Å². The molecule has 3 nitrogen and oxygen atoms in total. The van der Waals surface area contributed by atoms with Gasteiger partial charge in [-0.15, -0.1) is 0 Å². The van der Waals surface area contributed by atoms with E-state index >= 15 is 0 Å². The summed E-state index contributed by atoms with van der Waals surface area (Å²) in [7, 11) is 0. The highest BCUT2D eigenvalue weighted by Gasteiger charge is 2.12. The summed E-state index contributed by atoms with van der Waals surface area (Å²) in [4.78, 5) is 3.95. The van der Waals surface area contributed by atoms with Crippen LogP contribution in [0.1, 0.15) is 18.5 Å². The number of phenolic OH excluding ortho intramolecular Hbond substituents is 1. The Kier molecular flexibility index (Phi) is 3.67. The fourth-order valence-electron chi connectivity index (χ4n) is 1.66. The van der Waals surface area contributed by atoms with E-state index in [1.54, 1.807) is 25.4 Å². The van der Waals surface area contributed by atoms with Crippen LogP contribution in [0.3, 0.4) is 0 Å². The minimum atomic E-state index is -0.463. The first-order valence-corrected chi connectivity index (χ1v) is 5.80. The zero-order valence-corrected chi connectivity index (χ0v) is 10.4. The number of aromatic nitrogens is 1. The lowest BCUT2D eigenvalue weighted by Gasteiger charge is -2.17. The Hall–Kier alpha value is -1.81. The third-order valence-electron chi connectivity index (χ3n) is 2.59. The minimum Gasteiger partial charge on any atom is -0.508 e. The lowest BCUT2D eigenvalue weighted by molar-refractivity contribution is 0.467. The van der Waals surface area contributed by atoms with Gasteiger partial charge in [0.25, 0.3) is 0 Å². The lowest BCUT2D eigenvalue weighted by atomic mass is 10.1. The fourth-order valence-corrected chi connectivity index (χ4v) is 1.82. The van der Waals surface area contributed by atoms with E-state index in [9.17, 15) is 4.39 Å². The number of halogens is 2. The van der Waals surface area contributed by atoms with Crippen LogP contribution in [0.25, 0.3) is 0 Å². The molecule has 2 N–H and O–H groups in total. The van der Waals surface area contributed by atoms with Crippen molar-refractivity contribution in [3.63, 3.8) is 0 Å². The van der Waals surface area contributed by atoms with Crippen LogP contribution in [-0.2, 0) is 0 Å². The highest BCUT2D eigenvalue weighted by molar-refractivity contribution is 6.33. The van der Waals surface area contributed by atoms with E-state index < -0.39 is 5.82 Å². The van der Waals surface area contributed by atoms with Crippen molar-refractivity contribution < 1.29 is 9.50 Å². The standard InChI is InChI=1S/C13H12ClFN2O/c1-8(10-3-2-9(18)6-12(10)15)17-13-7-16-5-4-11(13)14/h2-8,17-18H,1H3. The summed E-state index contributed by atoms with van der Waals surface area (Å²) in [6, 6.07) is 5.43. The Bertz CT molecular complexity index is 562. The molecule has 0 aliphatic heterocycles. The van der Waals surface area contributed by atoms with Crippen LogP contribution >= 0.6 is 11.6 Å². The summed E-state index contributed by atoms with van der Waals surface area (Å²) >= 11 is 5.98. The van der Waals surface area contributed by atoms with E-state index in [0.717, 1.165) is 6.07 Å². The molecule has 1 aromatic carbocycles. The fraction of sp³-hybridized carbons (Fsp3) is 0.154. The highest BCUT2D eigenvalue weighted by atomic mass is 35.5. The first-order chi connectivity index (χ1) is 8.58. The second-order valence-electron chi connectivity index (χ2n) is 3.93. The van der Waals surface area contributed by atoms with E-state index in [2.05, 4.69) is 10.3 Å². The maximum absolute atomic E-state index is 13.7. The summed E-state index contributed by atoms with van der Waals surface area (Å²) in [6.45, 7) is 1.80. The van der Waals surface area contributed by atoms with Crippen molar-refractivity contribution in [1.82, 2.24) is 4.98 Å². The molecule has 0 radical (unpaired) electrons. The monoisotopic (exact) mass is 266 g/mol. The predicted molar refractivity (Wildman–Crippen MR) is 69.3 cm³/mol. The lowest BCUT2D eigenvalue weighted by Crippen LogP contribution is -2.09. The Morgan fingerprint density at radius 3 is 2.83 bits per heavy atom. The molecule has 5 heteroatoms. The van der Waals surface area contributed by atoms with E-state index in [1.165, 1.54) is 12.1 Å². The van der Waals surface area contributed by atoms with Gasteiger partial charge in [-0.1, -0.05) is 17.7 Å². The van der Waals surface area contributed by atoms with Gasteiger partial charge in [0, 0.05) is 17.8 Å². The van der Waals surface area contributed by atoms with Gasteiger partial charge in [-0.2, -0.15) is 0 Å². The van der Waals surface area contributed by atoms with Gasteiger partial charge in [-0.05, 0) is 19.1 Å². The van der Waals surface area contributed by atoms with Crippen LogP contribution in [0.4, 0.5) is 10.1 Å². The normalized spacial score (nSPS) is 12.2. The molecule has 94 valence electrons. The number of nitrogens with zero attached hydrogens (tertiary/aromatic N) is 1. The SMILES string of the molecule is CC(Nc1cnccc1Cl)c1ccc(O)cc1F. The van der Waals surface area contributed by atoms with Crippen LogP contribution in [0, 0.1) is 5.82 Å². The zero-order chi connectivity index (χ0) is 13.1. The average Bonchev–Trinajstić information content (AvgIpc) is 2.32. The summed E-state index contributed by atoms with van der Waals surface area (Å²) in [5.41, 5.74) is 1.09. The number of benzene rings is 1. The van der Waals surface area contributed by atoms with Gasteiger partial charge in [0.15, 0.2) is 0 Å². The molecule has 1 aromatic heterocycles. The van der Waals surface area contributed by atoms with Crippen LogP contribution in [0.15, 0.2) is 36.7 Å². The third kappa shape index (κ3) is 2.71. The summed E-state index contributed by atoms with van der Waals surface area (Å²) in [6.07, 6.45) is 3.16. The summed E-state index contributed by atoms with van der Waals surface area (Å²) in [5.74, 6) is -0.558. The smallest absolute Gasteiger partial charge is 0.132 e. The maximum Gasteiger partial charge on any atom is 0.132 e. The van der Waals surface area contributed by atoms with Crippen LogP contribution < -0.4 is 5.32 Å². The van der Waals surface area contributed by atoms with Crippen molar-refractivity contribution in [2.45, 2.75) is 13.0 Å². The van der Waals surface area contributed by atoms with E-state index in [0.29, 0.717) is 16.3 Å². The Labute approximate surface area is 109 Å². The number of hydrogen-bond acceptors (Lipinski definition) is 3. The number of anilines is 1. The summed E-state index contributed by atoms with van der Waals surface area (Å²) < 4.78 is 13.7. The minimum absolute atomic E-state index is 0.0946. The summed E-state index contributed by atoms with van der Waals surface area (Å²) in [5, 5.41) is 12.8. The first kappa shape index (κ1) is 12.6. The van der Waals surface area contributed by atoms with Crippen LogP contribution in [0.2, 0.25) is 5.02 Å². The number of pyridine rings is 1. The number of aromatic hydroxyl groups is 1. The van der Waals surface area contributed by atoms with Crippen LogP contribution in [0.5, 0.6) is 5.75 Å². The molecule has 1 atom stereocenters. The molecule has 0 saturated carbocycles. The molecule has 0 aliphatic rings. The van der Waals surface area contributed by atoms with E-state index in [4.69, 9.17) is 16.7 Å². The predicted octanol–water partition coefficient (Wildman–Crippen LogP) is 3.75. The van der Waals surface area contributed by atoms with E-state index in [-0.39, 0.29) is 11.8 Å². The Balaban J connectivity index is 2.22. The third-order valence-corrected chi connectivity index (χ3v) is 2.92. The molecule has 2 aromatic rings.